The first kappa shape index (κ1) is 11.0. The molecular formula is C6H5ClN4O4. The summed E-state index contributed by atoms with van der Waals surface area (Å²) in [4.78, 5) is 23.3. The number of hydrogen-bond donors (Lipinski definition) is 3. The minimum absolute atomic E-state index is 0.171. The third kappa shape index (κ3) is 2.44. The summed E-state index contributed by atoms with van der Waals surface area (Å²) in [6.45, 7) is 0. The normalized spacial score (nSPS) is 9.67. The molecule has 0 atom stereocenters. The molecule has 0 aromatic carbocycles. The third-order valence-corrected chi connectivity index (χ3v) is 1.68. The summed E-state index contributed by atoms with van der Waals surface area (Å²) in [7, 11) is 0. The van der Waals surface area contributed by atoms with Crippen molar-refractivity contribution in [3.8, 4) is 0 Å². The first-order valence-corrected chi connectivity index (χ1v) is 3.90. The summed E-state index contributed by atoms with van der Waals surface area (Å²) in [5, 5.41) is 20.4. The average Bonchev–Trinajstić information content (AvgIpc) is 1.99. The van der Waals surface area contributed by atoms with Crippen molar-refractivity contribution in [2.24, 2.45) is 0 Å². The second kappa shape index (κ2) is 3.96. The molecule has 15 heavy (non-hydrogen) atoms. The lowest BCUT2D eigenvalue weighted by Gasteiger charge is -2.03. The fraction of sp³-hybridized carbons (Fsp3) is 0. The number of nitrogens with two attached hydrogens (primary N) is 1. The molecule has 0 aliphatic rings. The highest BCUT2D eigenvalue weighted by atomic mass is 35.5. The van der Waals surface area contributed by atoms with E-state index in [-0.39, 0.29) is 10.8 Å². The van der Waals surface area contributed by atoms with E-state index >= 15 is 0 Å². The van der Waals surface area contributed by atoms with Gasteiger partial charge in [-0.25, -0.2) is 9.78 Å². The molecule has 1 amide bonds. The number of nitrogens with zero attached hydrogens (tertiary/aromatic N) is 2. The van der Waals surface area contributed by atoms with Gasteiger partial charge >= 0.3 is 11.8 Å². The number of carbonyl (C=O) groups is 1. The highest BCUT2D eigenvalue weighted by Gasteiger charge is 2.20. The largest absolute Gasteiger partial charge is 0.465 e. The van der Waals surface area contributed by atoms with Crippen LogP contribution < -0.4 is 11.1 Å². The summed E-state index contributed by atoms with van der Waals surface area (Å²) in [5.74, 6) is -0.619. The lowest BCUT2D eigenvalue weighted by atomic mass is 10.4. The van der Waals surface area contributed by atoms with Gasteiger partial charge in [0.2, 0.25) is 5.82 Å². The fourth-order valence-electron chi connectivity index (χ4n) is 0.880. The Morgan fingerprint density at radius 1 is 1.73 bits per heavy atom. The van der Waals surface area contributed by atoms with E-state index in [1.54, 1.807) is 0 Å². The SMILES string of the molecule is Nc1nc(NC(=O)O)cc(Cl)c1[N+](=O)[O-]. The summed E-state index contributed by atoms with van der Waals surface area (Å²) < 4.78 is 0. The van der Waals surface area contributed by atoms with Crippen LogP contribution in [0.25, 0.3) is 0 Å². The van der Waals surface area contributed by atoms with Crippen LogP contribution in [0.5, 0.6) is 0 Å². The molecule has 0 aliphatic heterocycles. The van der Waals surface area contributed by atoms with Gasteiger partial charge in [-0.2, -0.15) is 0 Å². The molecule has 9 heteroatoms. The number of hydrogen-bond acceptors (Lipinski definition) is 5. The Morgan fingerprint density at radius 3 is 2.73 bits per heavy atom. The maximum Gasteiger partial charge on any atom is 0.410 e. The highest BCUT2D eigenvalue weighted by Crippen LogP contribution is 2.31. The van der Waals surface area contributed by atoms with Gasteiger partial charge in [0.1, 0.15) is 10.8 Å². The zero-order valence-corrected chi connectivity index (χ0v) is 7.85. The van der Waals surface area contributed by atoms with E-state index in [1.165, 1.54) is 0 Å². The van der Waals surface area contributed by atoms with E-state index in [0.29, 0.717) is 0 Å². The number of nitro groups is 1. The van der Waals surface area contributed by atoms with Crippen LogP contribution in [-0.2, 0) is 0 Å². The van der Waals surface area contributed by atoms with Gasteiger partial charge in [0.15, 0.2) is 0 Å². The van der Waals surface area contributed by atoms with Crippen molar-refractivity contribution in [2.75, 3.05) is 11.1 Å². The molecule has 8 nitrogen and oxygen atoms in total. The van der Waals surface area contributed by atoms with Gasteiger partial charge in [-0.1, -0.05) is 11.6 Å². The molecule has 0 radical (unpaired) electrons. The standard InChI is InChI=1S/C6H5ClN4O4/c7-2-1-3(10-6(12)13)9-5(8)4(2)11(14)15/h1H,(H,12,13)(H3,8,9,10). The van der Waals surface area contributed by atoms with Crippen LogP contribution in [0.1, 0.15) is 0 Å². The van der Waals surface area contributed by atoms with Crippen LogP contribution in [0.3, 0.4) is 0 Å². The maximum atomic E-state index is 10.4. The Balaban J connectivity index is 3.19. The molecule has 80 valence electrons. The zero-order chi connectivity index (χ0) is 11.6. The van der Waals surface area contributed by atoms with Crippen molar-refractivity contribution in [2.45, 2.75) is 0 Å². The second-order valence-corrected chi connectivity index (χ2v) is 2.82. The van der Waals surface area contributed by atoms with E-state index in [4.69, 9.17) is 22.4 Å². The predicted octanol–water partition coefficient (Wildman–Crippen LogP) is 1.32. The molecular weight excluding hydrogens is 228 g/mol. The molecule has 0 aliphatic carbocycles. The predicted molar refractivity (Wildman–Crippen MR) is 52.0 cm³/mol. The van der Waals surface area contributed by atoms with E-state index < -0.39 is 22.5 Å². The molecule has 1 aromatic heterocycles. The average molecular weight is 233 g/mol. The topological polar surface area (TPSA) is 131 Å². The molecule has 1 heterocycles. The van der Waals surface area contributed by atoms with Gasteiger partial charge in [-0.3, -0.25) is 15.4 Å². The van der Waals surface area contributed by atoms with Crippen molar-refractivity contribution in [1.82, 2.24) is 4.98 Å². The minimum Gasteiger partial charge on any atom is -0.465 e. The van der Waals surface area contributed by atoms with Crippen LogP contribution in [0, 0.1) is 10.1 Å². The molecule has 0 saturated heterocycles. The van der Waals surface area contributed by atoms with Crippen molar-refractivity contribution < 1.29 is 14.8 Å². The number of nitrogen functional groups attached to an aromatic ring is 1. The Labute approximate surface area is 87.8 Å². The lowest BCUT2D eigenvalue weighted by Crippen LogP contribution is -2.10. The van der Waals surface area contributed by atoms with Gasteiger partial charge in [0.25, 0.3) is 0 Å². The quantitative estimate of drug-likeness (QED) is 0.520. The maximum absolute atomic E-state index is 10.4. The molecule has 0 saturated carbocycles. The van der Waals surface area contributed by atoms with E-state index in [9.17, 15) is 14.9 Å². The number of nitrogens with one attached hydrogen (secondary N) is 1. The van der Waals surface area contributed by atoms with E-state index in [2.05, 4.69) is 4.98 Å². The molecule has 4 N–H and O–H groups in total. The van der Waals surface area contributed by atoms with Crippen molar-refractivity contribution in [1.29, 1.82) is 0 Å². The summed E-state index contributed by atoms with van der Waals surface area (Å²) in [6.07, 6.45) is -1.37. The monoisotopic (exact) mass is 232 g/mol. The molecule has 0 spiro atoms. The number of amides is 1. The van der Waals surface area contributed by atoms with Gasteiger partial charge in [0, 0.05) is 6.07 Å². The third-order valence-electron chi connectivity index (χ3n) is 1.39. The van der Waals surface area contributed by atoms with E-state index in [0.717, 1.165) is 6.07 Å². The van der Waals surface area contributed by atoms with E-state index in [1.807, 2.05) is 5.32 Å². The van der Waals surface area contributed by atoms with Crippen LogP contribution in [0.4, 0.5) is 22.1 Å². The Hall–Kier alpha value is -2.09. The number of pyridine rings is 1. The van der Waals surface area contributed by atoms with Gasteiger partial charge in [-0.15, -0.1) is 0 Å². The summed E-state index contributed by atoms with van der Waals surface area (Å²) >= 11 is 5.52. The van der Waals surface area contributed by atoms with Crippen molar-refractivity contribution in [3.05, 3.63) is 21.2 Å². The summed E-state index contributed by atoms with van der Waals surface area (Å²) in [5.41, 5.74) is 4.68. The van der Waals surface area contributed by atoms with Crippen LogP contribution >= 0.6 is 11.6 Å². The van der Waals surface area contributed by atoms with Crippen LogP contribution in [0.15, 0.2) is 6.07 Å². The summed E-state index contributed by atoms with van der Waals surface area (Å²) in [6, 6.07) is 1.00. The second-order valence-electron chi connectivity index (χ2n) is 2.41. The highest BCUT2D eigenvalue weighted by molar-refractivity contribution is 6.33. The number of anilines is 2. The van der Waals surface area contributed by atoms with Gasteiger partial charge in [-0.05, 0) is 0 Å². The van der Waals surface area contributed by atoms with Crippen LogP contribution in [-0.4, -0.2) is 21.1 Å². The van der Waals surface area contributed by atoms with Gasteiger partial charge < -0.3 is 10.8 Å². The zero-order valence-electron chi connectivity index (χ0n) is 7.10. The molecule has 0 fully saturated rings. The number of rotatable bonds is 2. The number of halogens is 1. The first-order valence-electron chi connectivity index (χ1n) is 3.52. The molecule has 1 aromatic rings. The van der Waals surface area contributed by atoms with Crippen molar-refractivity contribution >= 4 is 35.0 Å². The minimum atomic E-state index is -1.37. The number of aromatic nitrogens is 1. The molecule has 0 bridgehead atoms. The fourth-order valence-corrected chi connectivity index (χ4v) is 1.15. The van der Waals surface area contributed by atoms with Crippen LogP contribution in [0.2, 0.25) is 5.02 Å². The Bertz CT molecular complexity index is 412. The number of carboxylic acid groups (broad SMARTS) is 1. The molecule has 0 unspecified atom stereocenters. The smallest absolute Gasteiger partial charge is 0.410 e. The Kier molecular flexibility index (Phi) is 2.90. The van der Waals surface area contributed by atoms with Crippen molar-refractivity contribution in [3.63, 3.8) is 0 Å². The first-order chi connectivity index (χ1) is 6.91. The van der Waals surface area contributed by atoms with Gasteiger partial charge in [0.05, 0.1) is 4.92 Å². The lowest BCUT2D eigenvalue weighted by molar-refractivity contribution is -0.384. The Morgan fingerprint density at radius 2 is 2.33 bits per heavy atom. The molecule has 1 rings (SSSR count).